The van der Waals surface area contributed by atoms with Gasteiger partial charge in [0.05, 0.1) is 23.7 Å². The highest BCUT2D eigenvalue weighted by Gasteiger charge is 2.24. The van der Waals surface area contributed by atoms with E-state index in [9.17, 15) is 10.1 Å². The number of H-pyrrole nitrogens is 1. The maximum absolute atomic E-state index is 13.7. The molecule has 1 aliphatic heterocycles. The van der Waals surface area contributed by atoms with Crippen molar-refractivity contribution in [2.45, 2.75) is 25.4 Å². The fourth-order valence-corrected chi connectivity index (χ4v) is 4.28. The predicted molar refractivity (Wildman–Crippen MR) is 131 cm³/mol. The van der Waals surface area contributed by atoms with Crippen LogP contribution in [0, 0.1) is 11.3 Å². The molecule has 9 heteroatoms. The molecule has 3 aromatic heterocycles. The molecule has 8 nitrogen and oxygen atoms in total. The van der Waals surface area contributed by atoms with Crippen molar-refractivity contribution in [1.82, 2.24) is 19.5 Å². The second kappa shape index (κ2) is 9.45. The van der Waals surface area contributed by atoms with Gasteiger partial charge >= 0.3 is 0 Å². The molecule has 0 amide bonds. The molecular formula is C24H24ClN7O. The fraction of sp³-hybridized carbons (Fsp3) is 0.250. The topological polar surface area (TPSA) is 117 Å². The van der Waals surface area contributed by atoms with Crippen molar-refractivity contribution in [2.24, 2.45) is 5.73 Å². The van der Waals surface area contributed by atoms with E-state index >= 15 is 0 Å². The summed E-state index contributed by atoms with van der Waals surface area (Å²) in [6.45, 7) is 1.68. The second-order valence-corrected chi connectivity index (χ2v) is 8.11. The van der Waals surface area contributed by atoms with Crippen LogP contribution in [0.15, 0.2) is 59.7 Å². The van der Waals surface area contributed by atoms with Crippen LogP contribution in [0.4, 0.5) is 5.95 Å². The van der Waals surface area contributed by atoms with Crippen molar-refractivity contribution >= 4 is 29.4 Å². The molecule has 4 heterocycles. The third kappa shape index (κ3) is 4.33. The highest BCUT2D eigenvalue weighted by atomic mass is 35.5. The zero-order chi connectivity index (χ0) is 22.1. The Labute approximate surface area is 197 Å². The average molecular weight is 462 g/mol. The molecule has 1 fully saturated rings. The van der Waals surface area contributed by atoms with E-state index in [2.05, 4.69) is 20.9 Å². The SMILES string of the molecule is Cl.N#Cc1ccccc1Cn1c(N2CCC[C@@H](N)C2)nc2cc(-c3cccnc3)[nH]c2c1=O. The molecule has 1 aromatic carbocycles. The number of nitrogens with zero attached hydrogens (tertiary/aromatic N) is 5. The van der Waals surface area contributed by atoms with E-state index in [1.165, 1.54) is 0 Å². The van der Waals surface area contributed by atoms with Crippen molar-refractivity contribution < 1.29 is 0 Å². The van der Waals surface area contributed by atoms with Crippen LogP contribution in [-0.4, -0.2) is 38.7 Å². The van der Waals surface area contributed by atoms with E-state index in [0.29, 0.717) is 29.1 Å². The number of hydrogen-bond acceptors (Lipinski definition) is 6. The number of benzene rings is 1. The number of halogens is 1. The maximum atomic E-state index is 13.7. The molecule has 0 aliphatic carbocycles. The number of aromatic nitrogens is 4. The van der Waals surface area contributed by atoms with Gasteiger partial charge in [-0.1, -0.05) is 18.2 Å². The summed E-state index contributed by atoms with van der Waals surface area (Å²) in [6, 6.07) is 15.3. The van der Waals surface area contributed by atoms with Gasteiger partial charge in [-0.2, -0.15) is 5.26 Å². The van der Waals surface area contributed by atoms with Crippen LogP contribution < -0.4 is 16.2 Å². The van der Waals surface area contributed by atoms with Gasteiger partial charge in [-0.3, -0.25) is 14.3 Å². The van der Waals surface area contributed by atoms with Gasteiger partial charge in [0.2, 0.25) is 5.95 Å². The Morgan fingerprint density at radius 3 is 2.85 bits per heavy atom. The lowest BCUT2D eigenvalue weighted by molar-refractivity contribution is 0.492. The predicted octanol–water partition coefficient (Wildman–Crippen LogP) is 3.06. The third-order valence-corrected chi connectivity index (χ3v) is 5.90. The summed E-state index contributed by atoms with van der Waals surface area (Å²) in [5.41, 5.74) is 10.1. The standard InChI is InChI=1S/C24H23N7O.ClH/c25-12-16-5-1-2-6-18(16)14-31-23(32)22-21(11-20(28-22)17-7-3-9-27-13-17)29-24(31)30-10-4-8-19(26)15-30;/h1-3,5-7,9,11,13,19,28H,4,8,10,14-15,26H2;1H/t19-;/m1./s1. The number of nitriles is 1. The van der Waals surface area contributed by atoms with Gasteiger partial charge in [0.15, 0.2) is 0 Å². The molecule has 0 radical (unpaired) electrons. The first-order chi connectivity index (χ1) is 15.6. The van der Waals surface area contributed by atoms with Gasteiger partial charge in [0, 0.05) is 42.8 Å². The van der Waals surface area contributed by atoms with Crippen LogP contribution in [0.2, 0.25) is 0 Å². The first-order valence-corrected chi connectivity index (χ1v) is 10.7. The van der Waals surface area contributed by atoms with Crippen LogP contribution in [0.25, 0.3) is 22.3 Å². The summed E-state index contributed by atoms with van der Waals surface area (Å²) in [5, 5.41) is 9.53. The second-order valence-electron chi connectivity index (χ2n) is 8.11. The Morgan fingerprint density at radius 2 is 2.09 bits per heavy atom. The van der Waals surface area contributed by atoms with Crippen LogP contribution in [0.5, 0.6) is 0 Å². The van der Waals surface area contributed by atoms with E-state index in [1.807, 2.05) is 36.4 Å². The van der Waals surface area contributed by atoms with Gasteiger partial charge < -0.3 is 15.6 Å². The van der Waals surface area contributed by atoms with E-state index in [4.69, 9.17) is 10.7 Å². The summed E-state index contributed by atoms with van der Waals surface area (Å²) >= 11 is 0. The lowest BCUT2D eigenvalue weighted by atomic mass is 10.1. The molecule has 4 aromatic rings. The number of pyridine rings is 1. The van der Waals surface area contributed by atoms with E-state index in [0.717, 1.165) is 36.2 Å². The Bertz CT molecular complexity index is 1370. The molecular weight excluding hydrogens is 438 g/mol. The highest BCUT2D eigenvalue weighted by molar-refractivity contribution is 5.85. The first-order valence-electron chi connectivity index (χ1n) is 10.7. The van der Waals surface area contributed by atoms with Crippen LogP contribution in [0.3, 0.4) is 0 Å². The number of rotatable bonds is 4. The Hall–Kier alpha value is -3.67. The minimum atomic E-state index is -0.174. The van der Waals surface area contributed by atoms with Gasteiger partial charge in [-0.25, -0.2) is 4.98 Å². The Morgan fingerprint density at radius 1 is 1.24 bits per heavy atom. The highest BCUT2D eigenvalue weighted by Crippen LogP contribution is 2.25. The molecule has 1 atom stereocenters. The van der Waals surface area contributed by atoms with Crippen molar-refractivity contribution in [1.29, 1.82) is 5.26 Å². The number of nitrogens with two attached hydrogens (primary N) is 1. The number of anilines is 1. The molecule has 33 heavy (non-hydrogen) atoms. The minimum absolute atomic E-state index is 0. The maximum Gasteiger partial charge on any atom is 0.279 e. The Balaban J connectivity index is 0.00000259. The monoisotopic (exact) mass is 461 g/mol. The summed E-state index contributed by atoms with van der Waals surface area (Å²) in [5.74, 6) is 0.585. The van der Waals surface area contributed by atoms with Crippen molar-refractivity contribution in [3.8, 4) is 17.3 Å². The van der Waals surface area contributed by atoms with Crippen molar-refractivity contribution in [3.63, 3.8) is 0 Å². The molecule has 1 aliphatic rings. The zero-order valence-electron chi connectivity index (χ0n) is 17.9. The number of fused-ring (bicyclic) bond motifs is 1. The molecule has 0 unspecified atom stereocenters. The van der Waals surface area contributed by atoms with Gasteiger partial charge in [0.1, 0.15) is 5.52 Å². The fourth-order valence-electron chi connectivity index (χ4n) is 4.28. The first kappa shape index (κ1) is 22.5. The minimum Gasteiger partial charge on any atom is -0.349 e. The molecule has 0 saturated carbocycles. The van der Waals surface area contributed by atoms with Gasteiger partial charge in [-0.15, -0.1) is 12.4 Å². The summed E-state index contributed by atoms with van der Waals surface area (Å²) < 4.78 is 1.65. The van der Waals surface area contributed by atoms with Crippen LogP contribution in [-0.2, 0) is 6.54 Å². The van der Waals surface area contributed by atoms with Crippen LogP contribution >= 0.6 is 12.4 Å². The van der Waals surface area contributed by atoms with Crippen LogP contribution in [0.1, 0.15) is 24.0 Å². The van der Waals surface area contributed by atoms with Crippen molar-refractivity contribution in [2.75, 3.05) is 18.0 Å². The molecule has 5 rings (SSSR count). The van der Waals surface area contributed by atoms with Gasteiger partial charge in [0.25, 0.3) is 5.56 Å². The zero-order valence-corrected chi connectivity index (χ0v) is 18.8. The molecule has 168 valence electrons. The summed E-state index contributed by atoms with van der Waals surface area (Å²) in [7, 11) is 0. The number of aromatic amines is 1. The molecule has 0 spiro atoms. The number of piperidine rings is 1. The van der Waals surface area contributed by atoms with E-state index < -0.39 is 0 Å². The third-order valence-electron chi connectivity index (χ3n) is 5.90. The molecule has 0 bridgehead atoms. The molecule has 1 saturated heterocycles. The largest absolute Gasteiger partial charge is 0.349 e. The lowest BCUT2D eigenvalue weighted by Crippen LogP contribution is -2.45. The van der Waals surface area contributed by atoms with E-state index in [-0.39, 0.29) is 30.6 Å². The summed E-state index contributed by atoms with van der Waals surface area (Å²) in [4.78, 5) is 28.0. The molecule has 3 N–H and O–H groups in total. The number of nitrogens with one attached hydrogen (secondary N) is 1. The van der Waals surface area contributed by atoms with Crippen molar-refractivity contribution in [3.05, 3.63) is 76.3 Å². The average Bonchev–Trinajstić information content (AvgIpc) is 3.26. The van der Waals surface area contributed by atoms with E-state index in [1.54, 1.807) is 23.0 Å². The lowest BCUT2D eigenvalue weighted by Gasteiger charge is -2.33. The summed E-state index contributed by atoms with van der Waals surface area (Å²) in [6.07, 6.45) is 5.35. The number of hydrogen-bond donors (Lipinski definition) is 2. The van der Waals surface area contributed by atoms with Gasteiger partial charge in [-0.05, 0) is 42.7 Å². The smallest absolute Gasteiger partial charge is 0.279 e. The quantitative estimate of drug-likeness (QED) is 0.482. The normalized spacial score (nSPS) is 15.8. The Kier molecular flexibility index (Phi) is 6.45.